The van der Waals surface area contributed by atoms with Crippen LogP contribution >= 0.6 is 34.2 Å². The zero-order valence-corrected chi connectivity index (χ0v) is 11.6. The van der Waals surface area contributed by atoms with Crippen LogP contribution in [0, 0.1) is 3.57 Å². The fraction of sp³-hybridized carbons (Fsp3) is 0.364. The van der Waals surface area contributed by atoms with Crippen LogP contribution in [0.3, 0.4) is 0 Å². The van der Waals surface area contributed by atoms with E-state index < -0.39 is 12.5 Å². The highest BCUT2D eigenvalue weighted by atomic mass is 127. The molecule has 0 aliphatic carbocycles. The molecule has 2 rings (SSSR count). The quantitative estimate of drug-likeness (QED) is 0.693. The Morgan fingerprint density at radius 3 is 2.71 bits per heavy atom. The molecule has 1 fully saturated rings. The van der Waals surface area contributed by atoms with Crippen LogP contribution in [0.25, 0.3) is 0 Å². The minimum Gasteiger partial charge on any atom is -0.332 e. The second kappa shape index (κ2) is 4.68. The summed E-state index contributed by atoms with van der Waals surface area (Å²) in [4.78, 5) is 13.2. The van der Waals surface area contributed by atoms with E-state index in [2.05, 4.69) is 0 Å². The van der Waals surface area contributed by atoms with E-state index in [1.807, 2.05) is 22.6 Å². The molecule has 2 nitrogen and oxygen atoms in total. The summed E-state index contributed by atoms with van der Waals surface area (Å²) in [6, 6.07) is 4.80. The molecule has 1 aliphatic rings. The molecule has 0 radical (unpaired) electrons. The van der Waals surface area contributed by atoms with Crippen molar-refractivity contribution in [1.82, 2.24) is 4.90 Å². The summed E-state index contributed by atoms with van der Waals surface area (Å²) in [5.41, 5.74) is 0.424. The van der Waals surface area contributed by atoms with Crippen molar-refractivity contribution in [2.45, 2.75) is 12.3 Å². The number of hydrogen-bond donors (Lipinski definition) is 0. The van der Waals surface area contributed by atoms with Crippen LogP contribution in [-0.2, 0) is 0 Å². The van der Waals surface area contributed by atoms with Gasteiger partial charge in [0.1, 0.15) is 0 Å². The van der Waals surface area contributed by atoms with Gasteiger partial charge in [-0.3, -0.25) is 4.79 Å². The van der Waals surface area contributed by atoms with E-state index in [9.17, 15) is 13.6 Å². The van der Waals surface area contributed by atoms with Gasteiger partial charge in [0.15, 0.2) is 0 Å². The molecule has 1 aromatic rings. The van der Waals surface area contributed by atoms with Crippen molar-refractivity contribution in [1.29, 1.82) is 0 Å². The van der Waals surface area contributed by atoms with Crippen molar-refractivity contribution in [3.05, 3.63) is 32.4 Å². The highest BCUT2D eigenvalue weighted by Gasteiger charge is 2.40. The summed E-state index contributed by atoms with van der Waals surface area (Å²) in [6.45, 7) is -0.394. The largest absolute Gasteiger partial charge is 0.332 e. The molecular formula is C11H9ClF2INO. The Bertz CT molecular complexity index is 467. The topological polar surface area (TPSA) is 20.3 Å². The van der Waals surface area contributed by atoms with E-state index in [0.717, 1.165) is 0 Å². The molecule has 0 atom stereocenters. The lowest BCUT2D eigenvalue weighted by atomic mass is 10.2. The van der Waals surface area contributed by atoms with E-state index in [-0.39, 0.29) is 18.9 Å². The number of likely N-dealkylation sites (tertiary alicyclic amines) is 1. The molecule has 0 aromatic heterocycles. The number of benzene rings is 1. The normalized spacial score (nSPS) is 18.5. The lowest BCUT2D eigenvalue weighted by Crippen LogP contribution is -2.31. The first kappa shape index (κ1) is 13.0. The van der Waals surface area contributed by atoms with Crippen LogP contribution < -0.4 is 0 Å². The van der Waals surface area contributed by atoms with E-state index in [0.29, 0.717) is 14.2 Å². The first-order chi connectivity index (χ1) is 7.89. The molecule has 6 heteroatoms. The summed E-state index contributed by atoms with van der Waals surface area (Å²) >= 11 is 7.75. The zero-order chi connectivity index (χ0) is 12.6. The fourth-order valence-electron chi connectivity index (χ4n) is 1.74. The minimum absolute atomic E-state index is 0.102. The van der Waals surface area contributed by atoms with Crippen molar-refractivity contribution in [2.75, 3.05) is 13.1 Å². The van der Waals surface area contributed by atoms with Gasteiger partial charge in [-0.25, -0.2) is 8.78 Å². The summed E-state index contributed by atoms with van der Waals surface area (Å²) in [5.74, 6) is -3.11. The Balaban J connectivity index is 2.21. The molecule has 1 saturated heterocycles. The van der Waals surface area contributed by atoms with Crippen molar-refractivity contribution in [2.24, 2.45) is 0 Å². The molecule has 92 valence electrons. The lowest BCUT2D eigenvalue weighted by molar-refractivity contribution is 0.0120. The molecule has 0 saturated carbocycles. The van der Waals surface area contributed by atoms with Gasteiger partial charge < -0.3 is 4.90 Å². The second-order valence-corrected chi connectivity index (χ2v) is 5.56. The first-order valence-electron chi connectivity index (χ1n) is 5.01. The van der Waals surface area contributed by atoms with E-state index in [4.69, 9.17) is 11.6 Å². The number of hydrogen-bond acceptors (Lipinski definition) is 1. The Morgan fingerprint density at radius 1 is 1.47 bits per heavy atom. The lowest BCUT2D eigenvalue weighted by Gasteiger charge is -2.16. The van der Waals surface area contributed by atoms with Gasteiger partial charge in [-0.15, -0.1) is 0 Å². The van der Waals surface area contributed by atoms with Crippen LogP contribution in [0.2, 0.25) is 5.02 Å². The summed E-state index contributed by atoms with van der Waals surface area (Å²) in [7, 11) is 0. The Hall–Kier alpha value is -0.430. The monoisotopic (exact) mass is 371 g/mol. The smallest absolute Gasteiger partial charge is 0.267 e. The van der Waals surface area contributed by atoms with Crippen LogP contribution in [0.15, 0.2) is 18.2 Å². The number of alkyl halides is 2. The highest BCUT2D eigenvalue weighted by molar-refractivity contribution is 14.1. The minimum atomic E-state index is -2.76. The van der Waals surface area contributed by atoms with Crippen molar-refractivity contribution in [3.8, 4) is 0 Å². The number of halogens is 4. The van der Waals surface area contributed by atoms with Gasteiger partial charge in [0.05, 0.1) is 12.1 Å². The van der Waals surface area contributed by atoms with E-state index >= 15 is 0 Å². The molecule has 0 N–H and O–H groups in total. The van der Waals surface area contributed by atoms with Gasteiger partial charge in [0.25, 0.3) is 11.8 Å². The average Bonchev–Trinajstić information content (AvgIpc) is 2.58. The molecule has 1 aromatic carbocycles. The third-order valence-electron chi connectivity index (χ3n) is 2.62. The molecule has 17 heavy (non-hydrogen) atoms. The van der Waals surface area contributed by atoms with Crippen LogP contribution in [0.4, 0.5) is 8.78 Å². The maximum Gasteiger partial charge on any atom is 0.267 e. The Labute approximate surface area is 116 Å². The number of rotatable bonds is 1. The van der Waals surface area contributed by atoms with Crippen molar-refractivity contribution >= 4 is 40.1 Å². The predicted octanol–water partition coefficient (Wildman–Crippen LogP) is 3.43. The fourth-order valence-corrected chi connectivity index (χ4v) is 2.84. The molecule has 0 unspecified atom stereocenters. The summed E-state index contributed by atoms with van der Waals surface area (Å²) in [5, 5.41) is 0.526. The van der Waals surface area contributed by atoms with Gasteiger partial charge in [-0.1, -0.05) is 11.6 Å². The third-order valence-corrected chi connectivity index (χ3v) is 3.75. The van der Waals surface area contributed by atoms with Crippen LogP contribution in [-0.4, -0.2) is 29.8 Å². The SMILES string of the molecule is O=C(c1ccc(Cl)cc1I)N1CCC(F)(F)C1. The van der Waals surface area contributed by atoms with Gasteiger partial charge in [0, 0.05) is 21.6 Å². The maximum atomic E-state index is 13.0. The van der Waals surface area contributed by atoms with E-state index in [1.54, 1.807) is 18.2 Å². The van der Waals surface area contributed by atoms with Gasteiger partial charge in [-0.05, 0) is 40.8 Å². The van der Waals surface area contributed by atoms with Gasteiger partial charge >= 0.3 is 0 Å². The molecule has 0 bridgehead atoms. The summed E-state index contributed by atoms with van der Waals surface area (Å²) < 4.78 is 26.7. The number of nitrogens with zero attached hydrogens (tertiary/aromatic N) is 1. The van der Waals surface area contributed by atoms with Crippen molar-refractivity contribution < 1.29 is 13.6 Å². The number of carbonyl (C=O) groups is 1. The molecule has 1 amide bonds. The highest BCUT2D eigenvalue weighted by Crippen LogP contribution is 2.29. The Morgan fingerprint density at radius 2 is 2.18 bits per heavy atom. The molecule has 0 spiro atoms. The molecular weight excluding hydrogens is 362 g/mol. The standard InChI is InChI=1S/C11H9ClF2INO/c12-7-1-2-8(9(15)5-7)10(17)16-4-3-11(13,14)6-16/h1-2,5H,3-4,6H2. The van der Waals surface area contributed by atoms with Gasteiger partial charge in [-0.2, -0.15) is 0 Å². The van der Waals surface area contributed by atoms with Crippen LogP contribution in [0.5, 0.6) is 0 Å². The van der Waals surface area contributed by atoms with E-state index in [1.165, 1.54) is 4.90 Å². The first-order valence-corrected chi connectivity index (χ1v) is 6.47. The zero-order valence-electron chi connectivity index (χ0n) is 8.72. The molecule has 1 heterocycles. The molecule has 1 aliphatic heterocycles. The van der Waals surface area contributed by atoms with Crippen LogP contribution in [0.1, 0.15) is 16.8 Å². The average molecular weight is 372 g/mol. The van der Waals surface area contributed by atoms with Gasteiger partial charge in [0.2, 0.25) is 0 Å². The number of amides is 1. The third kappa shape index (κ3) is 2.88. The predicted molar refractivity (Wildman–Crippen MR) is 69.6 cm³/mol. The van der Waals surface area contributed by atoms with Crippen molar-refractivity contribution in [3.63, 3.8) is 0 Å². The second-order valence-electron chi connectivity index (χ2n) is 3.96. The summed E-state index contributed by atoms with van der Waals surface area (Å²) in [6.07, 6.45) is -0.261. The number of carbonyl (C=O) groups excluding carboxylic acids is 1. The maximum absolute atomic E-state index is 13.0. The Kier molecular flexibility index (Phi) is 3.58.